The quantitative estimate of drug-likeness (QED) is 0.629. The first-order valence-corrected chi connectivity index (χ1v) is 7.40. The van der Waals surface area contributed by atoms with Crippen LogP contribution in [0.2, 0.25) is 0 Å². The minimum atomic E-state index is -0.110. The first kappa shape index (κ1) is 16.3. The van der Waals surface area contributed by atoms with E-state index < -0.39 is 0 Å². The smallest absolute Gasteiger partial charge is 0.276 e. The van der Waals surface area contributed by atoms with Gasteiger partial charge < -0.3 is 14.4 Å². The van der Waals surface area contributed by atoms with E-state index in [1.165, 1.54) is 4.90 Å². The standard InChI is InChI=1S/C16H20N2O3S/c1-6-21-14-9-11(10(2)7-13(14)20-5)8-12-15(19)18(4)16(22)17(12)3/h7-9H,6H2,1-5H3/b12-8-. The maximum Gasteiger partial charge on any atom is 0.276 e. The van der Waals surface area contributed by atoms with Crippen LogP contribution in [0.1, 0.15) is 18.1 Å². The van der Waals surface area contributed by atoms with Crippen molar-refractivity contribution in [3.8, 4) is 11.5 Å². The molecule has 5 nitrogen and oxygen atoms in total. The zero-order chi connectivity index (χ0) is 16.4. The molecule has 0 N–H and O–H groups in total. The van der Waals surface area contributed by atoms with Gasteiger partial charge in [0.05, 0.1) is 13.7 Å². The molecule has 22 heavy (non-hydrogen) atoms. The molecule has 0 radical (unpaired) electrons. The minimum absolute atomic E-state index is 0.110. The Hall–Kier alpha value is -2.08. The lowest BCUT2D eigenvalue weighted by Crippen LogP contribution is -2.26. The van der Waals surface area contributed by atoms with Crippen molar-refractivity contribution in [3.05, 3.63) is 29.0 Å². The maximum atomic E-state index is 12.2. The Morgan fingerprint density at radius 2 is 1.91 bits per heavy atom. The second-order valence-electron chi connectivity index (χ2n) is 5.03. The lowest BCUT2D eigenvalue weighted by atomic mass is 10.1. The first-order chi connectivity index (χ1) is 10.4. The summed E-state index contributed by atoms with van der Waals surface area (Å²) in [5.74, 6) is 1.23. The number of likely N-dealkylation sites (N-methyl/N-ethyl adjacent to an activating group) is 2. The highest BCUT2D eigenvalue weighted by Crippen LogP contribution is 2.32. The van der Waals surface area contributed by atoms with Gasteiger partial charge in [0, 0.05) is 14.1 Å². The molecule has 1 aliphatic rings. The molecule has 1 aliphatic heterocycles. The Labute approximate surface area is 136 Å². The van der Waals surface area contributed by atoms with Crippen LogP contribution >= 0.6 is 12.2 Å². The number of hydrogen-bond acceptors (Lipinski definition) is 4. The van der Waals surface area contributed by atoms with Crippen LogP contribution in [0.5, 0.6) is 11.5 Å². The van der Waals surface area contributed by atoms with Crippen molar-refractivity contribution in [1.82, 2.24) is 9.80 Å². The molecule has 0 spiro atoms. The molecule has 1 aromatic rings. The highest BCUT2D eigenvalue weighted by molar-refractivity contribution is 7.80. The first-order valence-electron chi connectivity index (χ1n) is 6.99. The van der Waals surface area contributed by atoms with Crippen molar-refractivity contribution in [2.45, 2.75) is 13.8 Å². The van der Waals surface area contributed by atoms with Gasteiger partial charge in [-0.05, 0) is 55.4 Å². The number of carbonyl (C=O) groups is 1. The molecule has 118 valence electrons. The summed E-state index contributed by atoms with van der Waals surface area (Å²) in [6.45, 7) is 4.42. The lowest BCUT2D eigenvalue weighted by Gasteiger charge is -2.14. The number of aryl methyl sites for hydroxylation is 1. The van der Waals surface area contributed by atoms with Crippen LogP contribution in [0.15, 0.2) is 17.8 Å². The fourth-order valence-electron chi connectivity index (χ4n) is 2.30. The number of rotatable bonds is 4. The maximum absolute atomic E-state index is 12.2. The molecule has 0 unspecified atom stereocenters. The molecule has 0 aromatic heterocycles. The summed E-state index contributed by atoms with van der Waals surface area (Å²) in [5.41, 5.74) is 2.44. The number of thiocarbonyl (C=S) groups is 1. The van der Waals surface area contributed by atoms with Crippen molar-refractivity contribution in [3.63, 3.8) is 0 Å². The summed E-state index contributed by atoms with van der Waals surface area (Å²) < 4.78 is 10.9. The zero-order valence-corrected chi connectivity index (χ0v) is 14.3. The van der Waals surface area contributed by atoms with Gasteiger partial charge in [0.2, 0.25) is 0 Å². The molecule has 0 bridgehead atoms. The van der Waals surface area contributed by atoms with Gasteiger partial charge in [0.15, 0.2) is 16.6 Å². The van der Waals surface area contributed by atoms with Crippen LogP contribution in [-0.4, -0.2) is 48.6 Å². The molecule has 0 aliphatic carbocycles. The minimum Gasteiger partial charge on any atom is -0.493 e. The van der Waals surface area contributed by atoms with Gasteiger partial charge >= 0.3 is 0 Å². The largest absolute Gasteiger partial charge is 0.493 e. The predicted octanol–water partition coefficient (Wildman–Crippen LogP) is 2.43. The third kappa shape index (κ3) is 2.78. The molecule has 6 heteroatoms. The normalized spacial score (nSPS) is 16.7. The number of hydrogen-bond donors (Lipinski definition) is 0. The van der Waals surface area contributed by atoms with Crippen molar-refractivity contribution < 1.29 is 14.3 Å². The Morgan fingerprint density at radius 1 is 1.23 bits per heavy atom. The molecule has 0 atom stereocenters. The fraction of sp³-hybridized carbons (Fsp3) is 0.375. The monoisotopic (exact) mass is 320 g/mol. The van der Waals surface area contributed by atoms with E-state index in [0.29, 0.717) is 28.9 Å². The number of methoxy groups -OCH3 is 1. The number of carbonyl (C=O) groups excluding carboxylic acids is 1. The molecule has 1 saturated heterocycles. The van der Waals surface area contributed by atoms with Crippen LogP contribution in [0.4, 0.5) is 0 Å². The molecule has 2 rings (SSSR count). The van der Waals surface area contributed by atoms with Crippen LogP contribution in [0.3, 0.4) is 0 Å². The second kappa shape index (κ2) is 6.36. The average Bonchev–Trinajstić information content (AvgIpc) is 2.68. The van der Waals surface area contributed by atoms with Crippen molar-refractivity contribution in [2.24, 2.45) is 0 Å². The van der Waals surface area contributed by atoms with Gasteiger partial charge in [-0.1, -0.05) is 0 Å². The van der Waals surface area contributed by atoms with Crippen molar-refractivity contribution in [2.75, 3.05) is 27.8 Å². The Morgan fingerprint density at radius 3 is 2.41 bits per heavy atom. The fourth-order valence-corrected chi connectivity index (χ4v) is 2.48. The van der Waals surface area contributed by atoms with E-state index >= 15 is 0 Å². The number of ether oxygens (including phenoxy) is 2. The van der Waals surface area contributed by atoms with Gasteiger partial charge in [-0.15, -0.1) is 0 Å². The van der Waals surface area contributed by atoms with E-state index in [-0.39, 0.29) is 5.91 Å². The van der Waals surface area contributed by atoms with Gasteiger partial charge in [0.25, 0.3) is 5.91 Å². The van der Waals surface area contributed by atoms with E-state index in [1.54, 1.807) is 26.1 Å². The van der Waals surface area contributed by atoms with Gasteiger partial charge in [-0.3, -0.25) is 9.69 Å². The molecule has 1 aromatic carbocycles. The average molecular weight is 320 g/mol. The summed E-state index contributed by atoms with van der Waals surface area (Å²) in [6.07, 6.45) is 1.83. The third-order valence-electron chi connectivity index (χ3n) is 3.60. The molecular weight excluding hydrogens is 300 g/mol. The SMILES string of the molecule is CCOc1cc(/C=C2/C(=O)N(C)C(=S)N2C)c(C)cc1OC. The molecule has 1 heterocycles. The van der Waals surface area contributed by atoms with E-state index in [2.05, 4.69) is 0 Å². The summed E-state index contributed by atoms with van der Waals surface area (Å²) in [5, 5.41) is 0.493. The summed E-state index contributed by atoms with van der Waals surface area (Å²) in [6, 6.07) is 3.78. The summed E-state index contributed by atoms with van der Waals surface area (Å²) in [4.78, 5) is 15.4. The van der Waals surface area contributed by atoms with Gasteiger partial charge in [0.1, 0.15) is 5.70 Å². The van der Waals surface area contributed by atoms with E-state index in [1.807, 2.05) is 32.1 Å². The predicted molar refractivity (Wildman–Crippen MR) is 90.0 cm³/mol. The van der Waals surface area contributed by atoms with Gasteiger partial charge in [-0.2, -0.15) is 0 Å². The van der Waals surface area contributed by atoms with E-state index in [9.17, 15) is 4.79 Å². The third-order valence-corrected chi connectivity index (χ3v) is 4.15. The highest BCUT2D eigenvalue weighted by Gasteiger charge is 2.32. The Balaban J connectivity index is 2.49. The van der Waals surface area contributed by atoms with E-state index in [4.69, 9.17) is 21.7 Å². The summed E-state index contributed by atoms with van der Waals surface area (Å²) >= 11 is 5.22. The number of benzene rings is 1. The zero-order valence-electron chi connectivity index (χ0n) is 13.5. The lowest BCUT2D eigenvalue weighted by molar-refractivity contribution is -0.121. The van der Waals surface area contributed by atoms with Crippen molar-refractivity contribution in [1.29, 1.82) is 0 Å². The molecule has 0 saturated carbocycles. The van der Waals surface area contributed by atoms with E-state index in [0.717, 1.165) is 11.1 Å². The summed E-state index contributed by atoms with van der Waals surface area (Å²) in [7, 11) is 5.07. The highest BCUT2D eigenvalue weighted by atomic mass is 32.1. The van der Waals surface area contributed by atoms with Crippen LogP contribution in [0.25, 0.3) is 6.08 Å². The Kier molecular flexibility index (Phi) is 4.71. The number of amides is 1. The number of nitrogens with zero attached hydrogens (tertiary/aromatic N) is 2. The molecule has 1 amide bonds. The topological polar surface area (TPSA) is 42.0 Å². The second-order valence-corrected chi connectivity index (χ2v) is 5.39. The van der Waals surface area contributed by atoms with Crippen LogP contribution < -0.4 is 9.47 Å². The van der Waals surface area contributed by atoms with Crippen LogP contribution in [-0.2, 0) is 4.79 Å². The van der Waals surface area contributed by atoms with Crippen molar-refractivity contribution >= 4 is 29.3 Å². The molecular formula is C16H20N2O3S. The molecule has 1 fully saturated rings. The van der Waals surface area contributed by atoms with Gasteiger partial charge in [-0.25, -0.2) is 0 Å². The van der Waals surface area contributed by atoms with Crippen LogP contribution in [0, 0.1) is 6.92 Å². The Bertz CT molecular complexity index is 655.